The third kappa shape index (κ3) is 9.85. The minimum Gasteiger partial charge on any atom is -0.458 e. The number of cyclic esters (lactones) is 1. The molecule has 0 spiro atoms. The highest BCUT2D eigenvalue weighted by Gasteiger charge is 2.46. The molecule has 10 heteroatoms. The first-order valence-corrected chi connectivity index (χ1v) is 15.9. The smallest absolute Gasteiger partial charge is 0.407 e. The lowest BCUT2D eigenvalue weighted by atomic mass is 9.71. The molecule has 0 aromatic rings. The van der Waals surface area contributed by atoms with Crippen LogP contribution in [0, 0.1) is 35.0 Å². The van der Waals surface area contributed by atoms with Gasteiger partial charge in [0.2, 0.25) is 0 Å². The zero-order valence-corrected chi connectivity index (χ0v) is 28.1. The van der Waals surface area contributed by atoms with Crippen molar-refractivity contribution >= 4 is 23.6 Å². The highest BCUT2D eigenvalue weighted by Crippen LogP contribution is 2.41. The predicted octanol–water partition coefficient (Wildman–Crippen LogP) is 4.97. The molecule has 0 saturated carbocycles. The second-order valence-corrected chi connectivity index (χ2v) is 13.8. The van der Waals surface area contributed by atoms with Crippen molar-refractivity contribution in [1.82, 2.24) is 5.32 Å². The van der Waals surface area contributed by atoms with Crippen LogP contribution in [0.3, 0.4) is 0 Å². The van der Waals surface area contributed by atoms with E-state index in [1.807, 2.05) is 27.7 Å². The molecule has 10 nitrogen and oxygen atoms in total. The minimum absolute atomic E-state index is 0.00736. The number of esters is 1. The Hall–Kier alpha value is -2.30. The summed E-state index contributed by atoms with van der Waals surface area (Å²) in [6.07, 6.45) is -0.694. The second-order valence-electron chi connectivity index (χ2n) is 13.8. The molecule has 43 heavy (non-hydrogen) atoms. The minimum atomic E-state index is -1.09. The third-order valence-electron chi connectivity index (χ3n) is 9.06. The summed E-state index contributed by atoms with van der Waals surface area (Å²) >= 11 is 0. The van der Waals surface area contributed by atoms with Gasteiger partial charge in [-0.2, -0.15) is 0 Å². The molecule has 2 aliphatic rings. The van der Waals surface area contributed by atoms with Gasteiger partial charge in [-0.15, -0.1) is 0 Å². The zero-order chi connectivity index (χ0) is 32.8. The Labute approximate surface area is 258 Å². The first-order chi connectivity index (χ1) is 19.9. The summed E-state index contributed by atoms with van der Waals surface area (Å²) in [4.78, 5) is 53.5. The maximum Gasteiger partial charge on any atom is 0.407 e. The summed E-state index contributed by atoms with van der Waals surface area (Å²) in [7, 11) is 0. The van der Waals surface area contributed by atoms with Crippen LogP contribution in [0.25, 0.3) is 0 Å². The highest BCUT2D eigenvalue weighted by atomic mass is 16.7. The van der Waals surface area contributed by atoms with E-state index in [0.717, 1.165) is 6.42 Å². The summed E-state index contributed by atoms with van der Waals surface area (Å²) < 4.78 is 24.3. The van der Waals surface area contributed by atoms with Crippen molar-refractivity contribution in [2.24, 2.45) is 40.7 Å². The normalized spacial score (nSPS) is 38.2. The lowest BCUT2D eigenvalue weighted by Gasteiger charge is -2.45. The molecule has 2 heterocycles. The SMILES string of the molecule is CC[C@H]1OC(=O)[C@H](C)C(=O)[C@H](C)[C@@H](OC2O[C@H](C)C[C@H](C)[C@H]2C)C(C)(C)C[C@@H](C)C(=O)/C(C)=C/[C@@H]1OC(=O)NC[C@H](C)N. The topological polar surface area (TPSA) is 143 Å². The monoisotopic (exact) mass is 608 g/mol. The number of nitrogens with one attached hydrogen (secondary N) is 1. The number of carbonyl (C=O) groups excluding carboxylic acids is 4. The van der Waals surface area contributed by atoms with Crippen LogP contribution in [0.2, 0.25) is 0 Å². The lowest BCUT2D eigenvalue weighted by molar-refractivity contribution is -0.267. The van der Waals surface area contributed by atoms with Crippen molar-refractivity contribution in [3.05, 3.63) is 11.6 Å². The van der Waals surface area contributed by atoms with Crippen molar-refractivity contribution in [2.45, 2.75) is 132 Å². The number of allylic oxidation sites excluding steroid dienone is 1. The Bertz CT molecular complexity index is 1020. The molecule has 0 radical (unpaired) electrons. The fourth-order valence-electron chi connectivity index (χ4n) is 6.33. The zero-order valence-electron chi connectivity index (χ0n) is 28.1. The van der Waals surface area contributed by atoms with Gasteiger partial charge in [-0.3, -0.25) is 14.4 Å². The van der Waals surface area contributed by atoms with Crippen molar-refractivity contribution < 1.29 is 38.1 Å². The number of ketones is 2. The quantitative estimate of drug-likeness (QED) is 0.316. The summed E-state index contributed by atoms with van der Waals surface area (Å²) in [5.74, 6) is -2.93. The molecule has 1 saturated heterocycles. The maximum atomic E-state index is 13.9. The number of rotatable bonds is 6. The Morgan fingerprint density at radius 3 is 2.35 bits per heavy atom. The Kier molecular flexibility index (Phi) is 13.4. The van der Waals surface area contributed by atoms with Crippen molar-refractivity contribution in [3.8, 4) is 0 Å². The molecule has 3 N–H and O–H groups in total. The number of carbonyl (C=O) groups is 4. The van der Waals surface area contributed by atoms with Crippen molar-refractivity contribution in [2.75, 3.05) is 6.54 Å². The van der Waals surface area contributed by atoms with Gasteiger partial charge in [0, 0.05) is 30.3 Å². The molecule has 1 amide bonds. The Morgan fingerprint density at radius 2 is 1.77 bits per heavy atom. The summed E-state index contributed by atoms with van der Waals surface area (Å²) in [6.45, 7) is 20.8. The van der Waals surface area contributed by atoms with Gasteiger partial charge in [0.25, 0.3) is 0 Å². The molecule has 246 valence electrons. The number of alkyl carbamates (subject to hydrolysis) is 1. The van der Waals surface area contributed by atoms with Crippen LogP contribution >= 0.6 is 0 Å². The highest BCUT2D eigenvalue weighted by molar-refractivity contribution is 6.00. The molecule has 0 aromatic carbocycles. The first kappa shape index (κ1) is 36.9. The molecule has 2 aliphatic heterocycles. The molecular formula is C33H56N2O8. The van der Waals surface area contributed by atoms with Gasteiger partial charge < -0.3 is 30.0 Å². The number of hydrogen-bond donors (Lipinski definition) is 2. The lowest BCUT2D eigenvalue weighted by Crippen LogP contribution is -2.50. The van der Waals surface area contributed by atoms with Gasteiger partial charge in [-0.05, 0) is 69.9 Å². The van der Waals surface area contributed by atoms with Gasteiger partial charge in [-0.1, -0.05) is 48.5 Å². The number of hydrogen-bond acceptors (Lipinski definition) is 9. The van der Waals surface area contributed by atoms with E-state index in [4.69, 9.17) is 24.7 Å². The van der Waals surface area contributed by atoms with Gasteiger partial charge in [0.15, 0.2) is 24.0 Å². The Balaban J connectivity index is 2.52. The summed E-state index contributed by atoms with van der Waals surface area (Å²) in [6, 6.07) is -0.291. The Morgan fingerprint density at radius 1 is 1.14 bits per heavy atom. The van der Waals surface area contributed by atoms with E-state index in [1.54, 1.807) is 27.7 Å². The molecule has 0 aliphatic carbocycles. The van der Waals surface area contributed by atoms with Crippen LogP contribution in [0.4, 0.5) is 4.79 Å². The number of Topliss-reactive ketones (excluding diaryl/α,β-unsaturated/α-hetero) is 2. The second kappa shape index (κ2) is 15.6. The summed E-state index contributed by atoms with van der Waals surface area (Å²) in [5.41, 5.74) is 5.49. The number of ether oxygens (including phenoxy) is 4. The molecule has 2 rings (SSSR count). The van der Waals surface area contributed by atoms with E-state index in [-0.39, 0.29) is 42.6 Å². The van der Waals surface area contributed by atoms with Crippen LogP contribution in [-0.2, 0) is 33.3 Å². The van der Waals surface area contributed by atoms with Gasteiger partial charge in [0.1, 0.15) is 12.0 Å². The number of nitrogens with two attached hydrogens (primary N) is 1. The third-order valence-corrected chi connectivity index (χ3v) is 9.06. The molecule has 1 fully saturated rings. The van der Waals surface area contributed by atoms with Crippen LogP contribution < -0.4 is 11.1 Å². The molecule has 11 atom stereocenters. The molecule has 1 unspecified atom stereocenters. The van der Waals surface area contributed by atoms with Gasteiger partial charge in [-0.25, -0.2) is 4.79 Å². The number of amides is 1. The van der Waals surface area contributed by atoms with E-state index in [0.29, 0.717) is 17.9 Å². The van der Waals surface area contributed by atoms with Crippen molar-refractivity contribution in [1.29, 1.82) is 0 Å². The molecule has 0 aromatic heterocycles. The average molecular weight is 609 g/mol. The largest absolute Gasteiger partial charge is 0.458 e. The average Bonchev–Trinajstić information content (AvgIpc) is 2.92. The predicted molar refractivity (Wildman–Crippen MR) is 164 cm³/mol. The molecular weight excluding hydrogens is 552 g/mol. The van der Waals surface area contributed by atoms with Crippen LogP contribution in [0.1, 0.15) is 95.4 Å². The van der Waals surface area contributed by atoms with E-state index in [2.05, 4.69) is 19.2 Å². The van der Waals surface area contributed by atoms with E-state index in [9.17, 15) is 19.2 Å². The first-order valence-electron chi connectivity index (χ1n) is 15.9. The van der Waals surface area contributed by atoms with Crippen LogP contribution in [0.5, 0.6) is 0 Å². The van der Waals surface area contributed by atoms with Crippen LogP contribution in [-0.4, -0.2) is 66.9 Å². The van der Waals surface area contributed by atoms with Crippen molar-refractivity contribution in [3.63, 3.8) is 0 Å². The van der Waals surface area contributed by atoms with E-state index in [1.165, 1.54) is 13.0 Å². The van der Waals surface area contributed by atoms with E-state index < -0.39 is 59.8 Å². The molecule has 0 bridgehead atoms. The van der Waals surface area contributed by atoms with Crippen LogP contribution in [0.15, 0.2) is 11.6 Å². The fourth-order valence-corrected chi connectivity index (χ4v) is 6.33. The van der Waals surface area contributed by atoms with Gasteiger partial charge in [0.05, 0.1) is 12.2 Å². The van der Waals surface area contributed by atoms with E-state index >= 15 is 0 Å². The maximum absolute atomic E-state index is 13.9. The fraction of sp³-hybridized carbons (Fsp3) is 0.818. The summed E-state index contributed by atoms with van der Waals surface area (Å²) in [5, 5.41) is 2.58. The standard InChI is InChI=1S/C33H56N2O8/c1-12-25-26(42-32(39)35-16-20(5)34)14-18(3)27(36)19(4)15-33(10,11)29(23(8)28(37)24(9)30(38)41-25)43-31-22(7)17(2)13-21(6)40-31/h14,17,19-26,29,31H,12-13,15-16,34H2,1-11H3,(H,35,39)/b18-14+/t17-,19+,20-,21+,22+,23-,24+,25+,26-,29+,31?/m0/s1. The van der Waals surface area contributed by atoms with Gasteiger partial charge >= 0.3 is 12.1 Å².